The number of nitrogens with zero attached hydrogens (tertiary/aromatic N) is 4. The highest BCUT2D eigenvalue weighted by Gasteiger charge is 2.29. The molecule has 2 aliphatic rings. The molecule has 2 heterocycles. The molecular weight excluding hydrogens is 364 g/mol. The van der Waals surface area contributed by atoms with Gasteiger partial charge in [0, 0.05) is 49.9 Å². The van der Waals surface area contributed by atoms with Crippen LogP contribution in [0.15, 0.2) is 48.8 Å². The van der Waals surface area contributed by atoms with Gasteiger partial charge < -0.3 is 9.80 Å². The lowest BCUT2D eigenvalue weighted by molar-refractivity contribution is -0.141. The van der Waals surface area contributed by atoms with Crippen molar-refractivity contribution in [3.05, 3.63) is 54.4 Å². The van der Waals surface area contributed by atoms with E-state index in [0.29, 0.717) is 32.1 Å². The lowest BCUT2D eigenvalue weighted by atomic mass is 9.88. The Morgan fingerprint density at radius 2 is 1.62 bits per heavy atom. The molecule has 2 aromatic rings. The lowest BCUT2D eigenvalue weighted by Gasteiger charge is -2.36. The Balaban J connectivity index is 1.29. The van der Waals surface area contributed by atoms with Gasteiger partial charge in [-0.25, -0.2) is 4.68 Å². The third-order valence-electron chi connectivity index (χ3n) is 5.90. The van der Waals surface area contributed by atoms with Crippen molar-refractivity contribution >= 4 is 17.9 Å². The van der Waals surface area contributed by atoms with Gasteiger partial charge in [-0.15, -0.1) is 0 Å². The van der Waals surface area contributed by atoms with Crippen LogP contribution in [-0.4, -0.2) is 57.6 Å². The van der Waals surface area contributed by atoms with Crippen LogP contribution in [-0.2, 0) is 9.59 Å². The molecule has 6 nitrogen and oxygen atoms in total. The van der Waals surface area contributed by atoms with Gasteiger partial charge in [-0.3, -0.25) is 9.59 Å². The first kappa shape index (κ1) is 19.4. The van der Waals surface area contributed by atoms with Crippen LogP contribution >= 0.6 is 0 Å². The summed E-state index contributed by atoms with van der Waals surface area (Å²) >= 11 is 0. The summed E-state index contributed by atoms with van der Waals surface area (Å²) in [6.45, 7) is 2.48. The molecule has 1 aromatic carbocycles. The molecule has 2 amide bonds. The Labute approximate surface area is 171 Å². The van der Waals surface area contributed by atoms with Crippen LogP contribution in [0.25, 0.3) is 11.8 Å². The maximum absolute atomic E-state index is 12.7. The normalized spacial score (nSPS) is 18.3. The molecule has 0 N–H and O–H groups in total. The lowest BCUT2D eigenvalue weighted by Crippen LogP contribution is -2.51. The van der Waals surface area contributed by atoms with E-state index in [2.05, 4.69) is 5.10 Å². The van der Waals surface area contributed by atoms with Crippen LogP contribution in [0.3, 0.4) is 0 Å². The highest BCUT2D eigenvalue weighted by Crippen LogP contribution is 2.25. The summed E-state index contributed by atoms with van der Waals surface area (Å²) in [5.41, 5.74) is 1.87. The van der Waals surface area contributed by atoms with Crippen molar-refractivity contribution in [2.75, 3.05) is 26.2 Å². The van der Waals surface area contributed by atoms with E-state index in [9.17, 15) is 9.59 Å². The molecule has 0 unspecified atom stereocenters. The highest BCUT2D eigenvalue weighted by molar-refractivity contribution is 5.92. The fourth-order valence-corrected chi connectivity index (χ4v) is 4.17. The number of hydrogen-bond acceptors (Lipinski definition) is 3. The van der Waals surface area contributed by atoms with Gasteiger partial charge in [0.15, 0.2) is 0 Å². The first-order valence-electron chi connectivity index (χ1n) is 10.6. The molecule has 0 bridgehead atoms. The summed E-state index contributed by atoms with van der Waals surface area (Å²) < 4.78 is 1.79. The van der Waals surface area contributed by atoms with Crippen LogP contribution in [0.5, 0.6) is 0 Å². The van der Waals surface area contributed by atoms with Crippen LogP contribution in [0.4, 0.5) is 0 Å². The second kappa shape index (κ2) is 9.07. The molecule has 152 valence electrons. The van der Waals surface area contributed by atoms with Crippen molar-refractivity contribution in [2.45, 2.75) is 32.1 Å². The minimum Gasteiger partial charge on any atom is -0.339 e. The Hall–Kier alpha value is -2.89. The molecule has 0 atom stereocenters. The van der Waals surface area contributed by atoms with E-state index in [4.69, 9.17) is 0 Å². The zero-order chi connectivity index (χ0) is 20.1. The predicted octanol–water partition coefficient (Wildman–Crippen LogP) is 3.14. The zero-order valence-corrected chi connectivity index (χ0v) is 16.7. The van der Waals surface area contributed by atoms with Gasteiger partial charge in [-0.2, -0.15) is 5.10 Å². The minimum atomic E-state index is -0.0118. The number of para-hydroxylation sites is 1. The SMILES string of the molecule is O=C(/C=C/c1cnn(-c2ccccc2)c1)N1CCN(C(=O)C2CCCCC2)CC1. The van der Waals surface area contributed by atoms with Gasteiger partial charge in [0.1, 0.15) is 0 Å². The van der Waals surface area contributed by atoms with E-state index in [1.54, 1.807) is 23.0 Å². The van der Waals surface area contributed by atoms with Crippen molar-refractivity contribution < 1.29 is 9.59 Å². The molecular formula is C23H28N4O2. The number of carbonyl (C=O) groups is 2. The average molecular weight is 393 g/mol. The number of benzene rings is 1. The molecule has 2 fully saturated rings. The molecule has 6 heteroatoms. The number of carbonyl (C=O) groups excluding carboxylic acids is 2. The van der Waals surface area contributed by atoms with E-state index < -0.39 is 0 Å². The van der Waals surface area contributed by atoms with E-state index in [1.807, 2.05) is 46.3 Å². The Kier molecular flexibility index (Phi) is 6.08. The topological polar surface area (TPSA) is 58.4 Å². The third kappa shape index (κ3) is 4.75. The highest BCUT2D eigenvalue weighted by atomic mass is 16.2. The molecule has 1 saturated carbocycles. The Bertz CT molecular complexity index is 860. The van der Waals surface area contributed by atoms with Gasteiger partial charge in [0.25, 0.3) is 0 Å². The summed E-state index contributed by atoms with van der Waals surface area (Å²) in [7, 11) is 0. The maximum atomic E-state index is 12.7. The first-order chi connectivity index (χ1) is 14.2. The van der Waals surface area contributed by atoms with Crippen LogP contribution in [0, 0.1) is 5.92 Å². The van der Waals surface area contributed by atoms with Gasteiger partial charge >= 0.3 is 0 Å². The minimum absolute atomic E-state index is 0.0118. The summed E-state index contributed by atoms with van der Waals surface area (Å²) in [6, 6.07) is 9.87. The monoisotopic (exact) mass is 392 g/mol. The van der Waals surface area contributed by atoms with Crippen molar-refractivity contribution in [2.24, 2.45) is 5.92 Å². The molecule has 1 aromatic heterocycles. The zero-order valence-electron chi connectivity index (χ0n) is 16.7. The van der Waals surface area contributed by atoms with E-state index in [0.717, 1.165) is 24.1 Å². The number of amides is 2. The Morgan fingerprint density at radius 3 is 2.34 bits per heavy atom. The Morgan fingerprint density at radius 1 is 0.931 bits per heavy atom. The standard InChI is InChI=1S/C23H28N4O2/c28-22(12-11-19-17-24-27(18-19)21-9-5-2-6-10-21)25-13-15-26(16-14-25)23(29)20-7-3-1-4-8-20/h2,5-6,9-12,17-18,20H,1,3-4,7-8,13-16H2/b12-11+. The van der Waals surface area contributed by atoms with Crippen molar-refractivity contribution in [1.29, 1.82) is 0 Å². The fourth-order valence-electron chi connectivity index (χ4n) is 4.17. The molecule has 29 heavy (non-hydrogen) atoms. The molecule has 1 aliphatic carbocycles. The largest absolute Gasteiger partial charge is 0.339 e. The molecule has 1 aliphatic heterocycles. The average Bonchev–Trinajstić information content (AvgIpc) is 3.27. The van der Waals surface area contributed by atoms with E-state index in [-0.39, 0.29) is 11.8 Å². The van der Waals surface area contributed by atoms with Crippen molar-refractivity contribution in [1.82, 2.24) is 19.6 Å². The van der Waals surface area contributed by atoms with Crippen molar-refractivity contribution in [3.8, 4) is 5.69 Å². The fraction of sp³-hybridized carbons (Fsp3) is 0.435. The summed E-state index contributed by atoms with van der Waals surface area (Å²) in [5, 5.41) is 4.35. The van der Waals surface area contributed by atoms with Gasteiger partial charge in [0.2, 0.25) is 11.8 Å². The maximum Gasteiger partial charge on any atom is 0.246 e. The quantitative estimate of drug-likeness (QED) is 0.751. The summed E-state index contributed by atoms with van der Waals surface area (Å²) in [4.78, 5) is 29.0. The third-order valence-corrected chi connectivity index (χ3v) is 5.90. The van der Waals surface area contributed by atoms with Crippen LogP contribution in [0.2, 0.25) is 0 Å². The van der Waals surface area contributed by atoms with E-state index in [1.165, 1.54) is 19.3 Å². The van der Waals surface area contributed by atoms with Gasteiger partial charge in [-0.05, 0) is 31.1 Å². The molecule has 4 rings (SSSR count). The van der Waals surface area contributed by atoms with Gasteiger partial charge in [-0.1, -0.05) is 37.5 Å². The van der Waals surface area contributed by atoms with Crippen molar-refractivity contribution in [3.63, 3.8) is 0 Å². The van der Waals surface area contributed by atoms with Gasteiger partial charge in [0.05, 0.1) is 11.9 Å². The van der Waals surface area contributed by atoms with Crippen LogP contribution in [0.1, 0.15) is 37.7 Å². The molecule has 1 saturated heterocycles. The number of aromatic nitrogens is 2. The second-order valence-corrected chi connectivity index (χ2v) is 7.87. The number of hydrogen-bond donors (Lipinski definition) is 0. The van der Waals surface area contributed by atoms with E-state index >= 15 is 0 Å². The molecule has 0 spiro atoms. The number of rotatable bonds is 4. The summed E-state index contributed by atoms with van der Waals surface area (Å²) in [5.74, 6) is 0.481. The van der Waals surface area contributed by atoms with Crippen LogP contribution < -0.4 is 0 Å². The summed E-state index contributed by atoms with van der Waals surface area (Å²) in [6.07, 6.45) is 12.7. The first-order valence-corrected chi connectivity index (χ1v) is 10.6. The number of piperazine rings is 1. The molecule has 0 radical (unpaired) electrons. The second-order valence-electron chi connectivity index (χ2n) is 7.87. The predicted molar refractivity (Wildman–Crippen MR) is 112 cm³/mol. The smallest absolute Gasteiger partial charge is 0.246 e.